The fraction of sp³-hybridized carbons (Fsp3) is 0.562. The maximum atomic E-state index is 12.5. The van der Waals surface area contributed by atoms with Crippen molar-refractivity contribution in [2.45, 2.75) is 59.5 Å². The summed E-state index contributed by atoms with van der Waals surface area (Å²) in [6, 6.07) is -1.41. The molecular formula is C16H24N2O4. The third kappa shape index (κ3) is 3.82. The van der Waals surface area contributed by atoms with Crippen LogP contribution in [0.5, 0.6) is 0 Å². The Morgan fingerprint density at radius 1 is 1.27 bits per heavy atom. The second-order valence-electron chi connectivity index (χ2n) is 5.61. The van der Waals surface area contributed by atoms with Gasteiger partial charge < -0.3 is 10.1 Å². The van der Waals surface area contributed by atoms with Gasteiger partial charge in [0.1, 0.15) is 6.04 Å². The summed E-state index contributed by atoms with van der Waals surface area (Å²) < 4.78 is 0. The molecule has 0 radical (unpaired) electrons. The summed E-state index contributed by atoms with van der Waals surface area (Å²) in [5.74, 6) is -1.30. The van der Waals surface area contributed by atoms with Crippen LogP contribution in [0.2, 0.25) is 0 Å². The smallest absolute Gasteiger partial charge is 0.320 e. The Kier molecular flexibility index (Phi) is 6.05. The number of aromatic amines is 1. The highest BCUT2D eigenvalue weighted by atomic mass is 16.4. The van der Waals surface area contributed by atoms with Crippen molar-refractivity contribution < 1.29 is 19.5 Å². The number of aromatic nitrogens is 1. The number of rotatable bonds is 8. The lowest BCUT2D eigenvalue weighted by atomic mass is 10.0. The first-order chi connectivity index (χ1) is 10.2. The van der Waals surface area contributed by atoms with E-state index in [1.54, 1.807) is 20.8 Å². The van der Waals surface area contributed by atoms with Crippen LogP contribution in [-0.4, -0.2) is 39.7 Å². The van der Waals surface area contributed by atoms with E-state index >= 15 is 0 Å². The zero-order valence-corrected chi connectivity index (χ0v) is 13.7. The van der Waals surface area contributed by atoms with Gasteiger partial charge in [-0.15, -0.1) is 0 Å². The van der Waals surface area contributed by atoms with E-state index in [-0.39, 0.29) is 11.6 Å². The summed E-state index contributed by atoms with van der Waals surface area (Å²) in [4.78, 5) is 38.3. The van der Waals surface area contributed by atoms with Crippen LogP contribution in [0.4, 0.5) is 0 Å². The molecule has 0 aliphatic heterocycles. The van der Waals surface area contributed by atoms with Gasteiger partial charge in [-0.1, -0.05) is 13.3 Å². The number of carbonyl (C=O) groups excluding carboxylic acids is 2. The number of aliphatic carboxylic acids is 1. The van der Waals surface area contributed by atoms with E-state index in [1.165, 1.54) is 6.92 Å². The number of nitrogens with one attached hydrogen (secondary N) is 2. The lowest BCUT2D eigenvalue weighted by Gasteiger charge is -2.18. The van der Waals surface area contributed by atoms with Crippen molar-refractivity contribution in [3.05, 3.63) is 22.5 Å². The van der Waals surface area contributed by atoms with Crippen molar-refractivity contribution in [1.82, 2.24) is 10.3 Å². The van der Waals surface area contributed by atoms with Crippen LogP contribution < -0.4 is 5.32 Å². The molecule has 1 aromatic heterocycles. The number of carboxylic acid groups (broad SMARTS) is 1. The number of aryl methyl sites for hydroxylation is 1. The summed E-state index contributed by atoms with van der Waals surface area (Å²) in [6.07, 6.45) is 1.16. The molecule has 6 nitrogen and oxygen atoms in total. The number of hydrogen-bond donors (Lipinski definition) is 3. The first-order valence-corrected chi connectivity index (χ1v) is 7.43. The predicted octanol–water partition coefficient (Wildman–Crippen LogP) is 2.25. The van der Waals surface area contributed by atoms with Crippen molar-refractivity contribution >= 4 is 17.5 Å². The van der Waals surface area contributed by atoms with Crippen LogP contribution in [0.15, 0.2) is 0 Å². The minimum atomic E-state index is -0.967. The van der Waals surface area contributed by atoms with Crippen molar-refractivity contribution in [2.75, 3.05) is 0 Å². The molecule has 0 aromatic carbocycles. The second kappa shape index (κ2) is 7.35. The standard InChI is InChI=1S/C16H24N2O4/c1-6-7-12(16(21)22)17-10(4)15(20)14-8(2)13(11(5)19)9(3)18-14/h10,12,17-18H,6-7H2,1-5H3,(H,21,22). The summed E-state index contributed by atoms with van der Waals surface area (Å²) >= 11 is 0. The van der Waals surface area contributed by atoms with Gasteiger partial charge in [0.05, 0.1) is 11.7 Å². The molecule has 122 valence electrons. The Labute approximate surface area is 130 Å². The van der Waals surface area contributed by atoms with Gasteiger partial charge in [0.15, 0.2) is 11.6 Å². The van der Waals surface area contributed by atoms with Crippen LogP contribution in [0, 0.1) is 13.8 Å². The van der Waals surface area contributed by atoms with E-state index in [4.69, 9.17) is 5.11 Å². The minimum absolute atomic E-state index is 0.0969. The van der Waals surface area contributed by atoms with E-state index in [9.17, 15) is 14.4 Å². The van der Waals surface area contributed by atoms with E-state index in [0.717, 1.165) is 0 Å². The molecule has 22 heavy (non-hydrogen) atoms. The fourth-order valence-corrected chi connectivity index (χ4v) is 2.69. The third-order valence-electron chi connectivity index (χ3n) is 3.76. The van der Waals surface area contributed by atoms with Crippen molar-refractivity contribution in [3.63, 3.8) is 0 Å². The molecule has 0 spiro atoms. The monoisotopic (exact) mass is 308 g/mol. The largest absolute Gasteiger partial charge is 0.480 e. The maximum Gasteiger partial charge on any atom is 0.320 e. The molecule has 3 N–H and O–H groups in total. The molecule has 1 aromatic rings. The highest BCUT2D eigenvalue weighted by Gasteiger charge is 2.26. The number of carboxylic acids is 1. The predicted molar refractivity (Wildman–Crippen MR) is 83.5 cm³/mol. The van der Waals surface area contributed by atoms with Crippen molar-refractivity contribution in [1.29, 1.82) is 0 Å². The van der Waals surface area contributed by atoms with Gasteiger partial charge in [0.2, 0.25) is 0 Å². The molecule has 1 heterocycles. The second-order valence-corrected chi connectivity index (χ2v) is 5.61. The number of Topliss-reactive ketones (excluding diaryl/α,β-unsaturated/α-hetero) is 2. The van der Waals surface area contributed by atoms with E-state index in [2.05, 4.69) is 10.3 Å². The van der Waals surface area contributed by atoms with Crippen molar-refractivity contribution in [2.24, 2.45) is 0 Å². The molecule has 0 amide bonds. The van der Waals surface area contributed by atoms with Gasteiger partial charge in [-0.3, -0.25) is 19.7 Å². The fourth-order valence-electron chi connectivity index (χ4n) is 2.69. The number of ketones is 2. The Morgan fingerprint density at radius 2 is 1.86 bits per heavy atom. The quantitative estimate of drug-likeness (QED) is 0.640. The molecule has 0 fully saturated rings. The van der Waals surface area contributed by atoms with Crippen LogP contribution in [0.1, 0.15) is 65.7 Å². The average Bonchev–Trinajstić information content (AvgIpc) is 2.72. The van der Waals surface area contributed by atoms with Crippen molar-refractivity contribution in [3.8, 4) is 0 Å². The van der Waals surface area contributed by atoms with Gasteiger partial charge in [-0.2, -0.15) is 0 Å². The van der Waals surface area contributed by atoms with E-state index < -0.39 is 18.1 Å². The first kappa shape index (κ1) is 18.1. The van der Waals surface area contributed by atoms with E-state index in [1.807, 2.05) is 6.92 Å². The van der Waals surface area contributed by atoms with Gasteiger partial charge in [-0.25, -0.2) is 0 Å². The molecule has 1 rings (SSSR count). The Balaban J connectivity index is 2.98. The summed E-state index contributed by atoms with van der Waals surface area (Å²) in [6.45, 7) is 8.45. The molecule has 0 aliphatic rings. The highest BCUT2D eigenvalue weighted by molar-refractivity contribution is 6.05. The summed E-state index contributed by atoms with van der Waals surface area (Å²) in [5.41, 5.74) is 2.16. The summed E-state index contributed by atoms with van der Waals surface area (Å²) in [5, 5.41) is 12.0. The maximum absolute atomic E-state index is 12.5. The Bertz CT molecular complexity index is 589. The first-order valence-electron chi connectivity index (χ1n) is 7.43. The number of hydrogen-bond acceptors (Lipinski definition) is 4. The molecule has 2 atom stereocenters. The lowest BCUT2D eigenvalue weighted by Crippen LogP contribution is -2.45. The SMILES string of the molecule is CCCC(NC(C)C(=O)c1[nH]c(C)c(C(C)=O)c1C)C(=O)O. The van der Waals surface area contributed by atoms with Gasteiger partial charge in [0.25, 0.3) is 0 Å². The van der Waals surface area contributed by atoms with Crippen LogP contribution in [0.3, 0.4) is 0 Å². The normalized spacial score (nSPS) is 13.7. The molecule has 0 saturated heterocycles. The molecule has 0 aliphatic carbocycles. The zero-order valence-electron chi connectivity index (χ0n) is 13.7. The molecule has 6 heteroatoms. The minimum Gasteiger partial charge on any atom is -0.480 e. The van der Waals surface area contributed by atoms with Crippen LogP contribution in [0.25, 0.3) is 0 Å². The Hall–Kier alpha value is -1.95. The van der Waals surface area contributed by atoms with E-state index in [0.29, 0.717) is 35.4 Å². The van der Waals surface area contributed by atoms with Gasteiger partial charge >= 0.3 is 5.97 Å². The Morgan fingerprint density at radius 3 is 2.27 bits per heavy atom. The highest BCUT2D eigenvalue weighted by Crippen LogP contribution is 2.20. The topological polar surface area (TPSA) is 99.3 Å². The number of H-pyrrole nitrogens is 1. The number of carbonyl (C=O) groups is 3. The third-order valence-corrected chi connectivity index (χ3v) is 3.76. The van der Waals surface area contributed by atoms with Gasteiger partial charge in [0, 0.05) is 11.3 Å². The summed E-state index contributed by atoms with van der Waals surface area (Å²) in [7, 11) is 0. The van der Waals surface area contributed by atoms with Crippen LogP contribution >= 0.6 is 0 Å². The lowest BCUT2D eigenvalue weighted by molar-refractivity contribution is -0.139. The average molecular weight is 308 g/mol. The molecule has 0 saturated carbocycles. The van der Waals surface area contributed by atoms with Gasteiger partial charge in [-0.05, 0) is 39.7 Å². The zero-order chi connectivity index (χ0) is 17.0. The molecule has 0 bridgehead atoms. The molecule has 2 unspecified atom stereocenters. The molecular weight excluding hydrogens is 284 g/mol. The van der Waals surface area contributed by atoms with Crippen LogP contribution in [-0.2, 0) is 4.79 Å².